The molecule has 0 bridgehead atoms. The first-order chi connectivity index (χ1) is 8.60. The summed E-state index contributed by atoms with van der Waals surface area (Å²) in [6.07, 6.45) is 2.84. The van der Waals surface area contributed by atoms with E-state index in [1.54, 1.807) is 17.5 Å². The Bertz CT molecular complexity index is 543. The fourth-order valence-electron chi connectivity index (χ4n) is 1.38. The van der Waals surface area contributed by atoms with Crippen molar-refractivity contribution >= 4 is 23.1 Å². The molecule has 1 unspecified atom stereocenters. The third kappa shape index (κ3) is 2.71. The zero-order valence-corrected chi connectivity index (χ0v) is 10.8. The minimum absolute atomic E-state index is 0.0957. The van der Waals surface area contributed by atoms with Crippen LogP contribution in [0.5, 0.6) is 0 Å². The zero-order chi connectivity index (χ0) is 13.1. The Hall–Kier alpha value is -1.80. The van der Waals surface area contributed by atoms with Crippen molar-refractivity contribution in [2.45, 2.75) is 19.9 Å². The molecule has 1 atom stereocenters. The number of rotatable bonds is 4. The number of aromatic nitrogens is 3. The number of hydrogen-bond acceptors (Lipinski definition) is 7. The molecule has 0 spiro atoms. The Balaban J connectivity index is 2.18. The van der Waals surface area contributed by atoms with E-state index >= 15 is 0 Å². The summed E-state index contributed by atoms with van der Waals surface area (Å²) in [5.74, 6) is 4.90. The van der Waals surface area contributed by atoms with Gasteiger partial charge in [-0.25, -0.2) is 20.2 Å². The van der Waals surface area contributed by atoms with Crippen molar-refractivity contribution in [2.24, 2.45) is 5.84 Å². The van der Waals surface area contributed by atoms with E-state index in [-0.39, 0.29) is 17.8 Å². The SMILES string of the molecule is Cc1cnc(C(C)Nc2nc(NN)ncc2F)s1. The van der Waals surface area contributed by atoms with Gasteiger partial charge >= 0.3 is 0 Å². The van der Waals surface area contributed by atoms with Gasteiger partial charge in [-0.1, -0.05) is 0 Å². The molecule has 2 aromatic rings. The first-order valence-electron chi connectivity index (χ1n) is 5.28. The number of aryl methyl sites for hydroxylation is 1. The third-order valence-corrected chi connectivity index (χ3v) is 3.33. The highest BCUT2D eigenvalue weighted by molar-refractivity contribution is 7.11. The van der Waals surface area contributed by atoms with Crippen molar-refractivity contribution < 1.29 is 4.39 Å². The molecule has 0 radical (unpaired) electrons. The van der Waals surface area contributed by atoms with Crippen molar-refractivity contribution in [1.29, 1.82) is 0 Å². The van der Waals surface area contributed by atoms with Crippen LogP contribution in [0.25, 0.3) is 0 Å². The molecule has 2 aromatic heterocycles. The molecule has 0 aliphatic rings. The predicted molar refractivity (Wildman–Crippen MR) is 68.7 cm³/mol. The second kappa shape index (κ2) is 5.23. The van der Waals surface area contributed by atoms with Gasteiger partial charge in [0.2, 0.25) is 5.95 Å². The average molecular weight is 268 g/mol. The second-order valence-corrected chi connectivity index (χ2v) is 4.98. The molecular formula is C10H13FN6S. The summed E-state index contributed by atoms with van der Waals surface area (Å²) < 4.78 is 13.5. The van der Waals surface area contributed by atoms with Crippen LogP contribution in [-0.2, 0) is 0 Å². The maximum atomic E-state index is 13.5. The van der Waals surface area contributed by atoms with Crippen molar-refractivity contribution in [1.82, 2.24) is 15.0 Å². The van der Waals surface area contributed by atoms with Crippen molar-refractivity contribution in [3.63, 3.8) is 0 Å². The highest BCUT2D eigenvalue weighted by Gasteiger charge is 2.13. The summed E-state index contributed by atoms with van der Waals surface area (Å²) in [6.45, 7) is 3.85. The molecule has 6 nitrogen and oxygen atoms in total. The van der Waals surface area contributed by atoms with Crippen LogP contribution in [0.1, 0.15) is 22.9 Å². The van der Waals surface area contributed by atoms with Crippen LogP contribution in [0.2, 0.25) is 0 Å². The molecule has 2 heterocycles. The number of nitrogens with one attached hydrogen (secondary N) is 2. The van der Waals surface area contributed by atoms with E-state index in [2.05, 4.69) is 25.7 Å². The normalized spacial score (nSPS) is 12.2. The van der Waals surface area contributed by atoms with Crippen LogP contribution < -0.4 is 16.6 Å². The van der Waals surface area contributed by atoms with Gasteiger partial charge in [0.15, 0.2) is 11.6 Å². The molecule has 0 aliphatic heterocycles. The van der Waals surface area contributed by atoms with Gasteiger partial charge in [-0.2, -0.15) is 4.98 Å². The number of anilines is 2. The van der Waals surface area contributed by atoms with Crippen LogP contribution in [-0.4, -0.2) is 15.0 Å². The van der Waals surface area contributed by atoms with Crippen molar-refractivity contribution in [2.75, 3.05) is 10.7 Å². The number of nitrogens with two attached hydrogens (primary N) is 1. The van der Waals surface area contributed by atoms with Crippen molar-refractivity contribution in [3.05, 3.63) is 28.1 Å². The van der Waals surface area contributed by atoms with Gasteiger partial charge in [0.05, 0.1) is 12.2 Å². The van der Waals surface area contributed by atoms with Crippen LogP contribution in [0.3, 0.4) is 0 Å². The Morgan fingerprint density at radius 2 is 2.17 bits per heavy atom. The lowest BCUT2D eigenvalue weighted by molar-refractivity contribution is 0.614. The molecule has 0 amide bonds. The molecule has 0 aromatic carbocycles. The molecular weight excluding hydrogens is 255 g/mol. The molecule has 0 saturated carbocycles. The number of nitrogens with zero attached hydrogens (tertiary/aromatic N) is 3. The highest BCUT2D eigenvalue weighted by Crippen LogP contribution is 2.23. The first kappa shape index (κ1) is 12.7. The Morgan fingerprint density at radius 1 is 1.39 bits per heavy atom. The summed E-state index contributed by atoms with van der Waals surface area (Å²) in [5.41, 5.74) is 2.27. The Morgan fingerprint density at radius 3 is 2.78 bits per heavy atom. The lowest BCUT2D eigenvalue weighted by Crippen LogP contribution is -2.14. The summed E-state index contributed by atoms with van der Waals surface area (Å²) in [5, 5.41) is 3.81. The Kier molecular flexibility index (Phi) is 3.68. The van der Waals surface area contributed by atoms with E-state index in [0.29, 0.717) is 0 Å². The molecule has 0 aliphatic carbocycles. The van der Waals surface area contributed by atoms with Crippen LogP contribution >= 0.6 is 11.3 Å². The molecule has 18 heavy (non-hydrogen) atoms. The summed E-state index contributed by atoms with van der Waals surface area (Å²) >= 11 is 1.55. The Labute approximate surface area is 107 Å². The van der Waals surface area contributed by atoms with E-state index in [0.717, 1.165) is 16.1 Å². The number of nitrogen functional groups attached to an aromatic ring is 1. The summed E-state index contributed by atoms with van der Waals surface area (Å²) in [6, 6.07) is -0.140. The van der Waals surface area contributed by atoms with E-state index in [9.17, 15) is 4.39 Å². The predicted octanol–water partition coefficient (Wildman–Crippen LogP) is 1.84. The van der Waals surface area contributed by atoms with E-state index < -0.39 is 5.82 Å². The van der Waals surface area contributed by atoms with Crippen molar-refractivity contribution in [3.8, 4) is 0 Å². The lowest BCUT2D eigenvalue weighted by Gasteiger charge is -2.12. The van der Waals surface area contributed by atoms with Gasteiger partial charge in [-0.05, 0) is 13.8 Å². The van der Waals surface area contributed by atoms with E-state index in [4.69, 9.17) is 5.84 Å². The first-order valence-corrected chi connectivity index (χ1v) is 6.10. The summed E-state index contributed by atoms with van der Waals surface area (Å²) in [7, 11) is 0. The van der Waals surface area contributed by atoms with Crippen LogP contribution in [0.15, 0.2) is 12.4 Å². The van der Waals surface area contributed by atoms with Gasteiger partial charge in [0, 0.05) is 11.1 Å². The van der Waals surface area contributed by atoms with Gasteiger partial charge in [-0.15, -0.1) is 11.3 Å². The fraction of sp³-hybridized carbons (Fsp3) is 0.300. The van der Waals surface area contributed by atoms with E-state index in [1.807, 2.05) is 13.8 Å². The average Bonchev–Trinajstić information content (AvgIpc) is 2.79. The monoisotopic (exact) mass is 268 g/mol. The number of hydrogen-bond donors (Lipinski definition) is 3. The molecule has 0 fully saturated rings. The fourth-order valence-corrected chi connectivity index (χ4v) is 2.15. The molecule has 96 valence electrons. The third-order valence-electron chi connectivity index (χ3n) is 2.24. The smallest absolute Gasteiger partial charge is 0.239 e. The molecule has 2 rings (SSSR count). The lowest BCUT2D eigenvalue weighted by atomic mass is 10.3. The zero-order valence-electron chi connectivity index (χ0n) is 9.94. The summed E-state index contributed by atoms with van der Waals surface area (Å²) in [4.78, 5) is 12.9. The van der Waals surface area contributed by atoms with Gasteiger partial charge in [0.1, 0.15) is 5.01 Å². The number of thiazole rings is 1. The number of hydrazine groups is 1. The van der Waals surface area contributed by atoms with E-state index in [1.165, 1.54) is 0 Å². The minimum Gasteiger partial charge on any atom is -0.359 e. The van der Waals surface area contributed by atoms with Gasteiger partial charge in [0.25, 0.3) is 0 Å². The maximum Gasteiger partial charge on any atom is 0.239 e. The largest absolute Gasteiger partial charge is 0.359 e. The van der Waals surface area contributed by atoms with Crippen LogP contribution in [0, 0.1) is 12.7 Å². The minimum atomic E-state index is -0.533. The van der Waals surface area contributed by atoms with Crippen LogP contribution in [0.4, 0.5) is 16.2 Å². The quantitative estimate of drug-likeness (QED) is 0.579. The van der Waals surface area contributed by atoms with Gasteiger partial charge < -0.3 is 5.32 Å². The maximum absolute atomic E-state index is 13.5. The molecule has 0 saturated heterocycles. The standard InChI is InChI=1S/C10H13FN6S/c1-5-3-13-9(18-5)6(2)15-8-7(11)4-14-10(16-8)17-12/h3-4,6H,12H2,1-2H3,(H2,14,15,16,17). The van der Waals surface area contributed by atoms with Gasteiger partial charge in [-0.3, -0.25) is 5.43 Å². The second-order valence-electron chi connectivity index (χ2n) is 3.71. The highest BCUT2D eigenvalue weighted by atomic mass is 32.1. The molecule has 8 heteroatoms. The topological polar surface area (TPSA) is 88.8 Å². The molecule has 4 N–H and O–H groups in total. The number of halogens is 1.